The first kappa shape index (κ1) is 18.5. The third-order valence-corrected chi connectivity index (χ3v) is 3.62. The van der Waals surface area contributed by atoms with Crippen molar-refractivity contribution in [3.63, 3.8) is 0 Å². The van der Waals surface area contributed by atoms with Gasteiger partial charge in [0.2, 0.25) is 5.69 Å². The van der Waals surface area contributed by atoms with Gasteiger partial charge >= 0.3 is 18.2 Å². The minimum absolute atomic E-state index is 0.0354. The summed E-state index contributed by atoms with van der Waals surface area (Å²) in [7, 11) is 0. The van der Waals surface area contributed by atoms with Gasteiger partial charge in [-0.05, 0) is 22.6 Å². The predicted molar refractivity (Wildman–Crippen MR) is 80.8 cm³/mol. The lowest BCUT2D eigenvalue weighted by molar-refractivity contribution is -0.389. The van der Waals surface area contributed by atoms with Gasteiger partial charge in [0.1, 0.15) is 24.5 Å². The molecule has 1 aromatic heterocycles. The Morgan fingerprint density at radius 2 is 2.11 bits per heavy atom. The van der Waals surface area contributed by atoms with Crippen LogP contribution in [0.25, 0.3) is 0 Å². The predicted octanol–water partition coefficient (Wildman–Crippen LogP) is 2.54. The number of hydrogen-bond donors (Lipinski definition) is 0. The van der Waals surface area contributed by atoms with Gasteiger partial charge < -0.3 is 24.3 Å². The summed E-state index contributed by atoms with van der Waals surface area (Å²) in [6.07, 6.45) is -5.29. The molecule has 0 amide bonds. The summed E-state index contributed by atoms with van der Waals surface area (Å²) in [6.45, 7) is 0.247. The number of aromatic nitrogens is 2. The average molecular weight is 384 g/mol. The number of nitrogens with zero attached hydrogens (tertiary/aromatic N) is 4. The van der Waals surface area contributed by atoms with Gasteiger partial charge in [-0.2, -0.15) is 5.26 Å². The number of imidazole rings is 1. The van der Waals surface area contributed by atoms with Gasteiger partial charge in [0.25, 0.3) is 0 Å². The summed E-state index contributed by atoms with van der Waals surface area (Å²) in [5.41, 5.74) is 0.351. The van der Waals surface area contributed by atoms with E-state index in [1.807, 2.05) is 0 Å². The number of nitriles is 1. The van der Waals surface area contributed by atoms with E-state index in [0.29, 0.717) is 5.56 Å². The van der Waals surface area contributed by atoms with E-state index in [0.717, 1.165) is 12.1 Å². The lowest BCUT2D eigenvalue weighted by atomic mass is 10.2. The van der Waals surface area contributed by atoms with E-state index >= 15 is 0 Å². The molecule has 1 atom stereocenters. The quantitative estimate of drug-likeness (QED) is 0.575. The molecule has 3 rings (SSSR count). The van der Waals surface area contributed by atoms with Crippen LogP contribution >= 0.6 is 0 Å². The normalized spacial score (nSPS) is 16.1. The number of halogens is 3. The number of nitro groups is 1. The topological polar surface area (TPSA) is 112 Å². The first-order valence-electron chi connectivity index (χ1n) is 7.51. The molecule has 1 aliphatic heterocycles. The lowest BCUT2D eigenvalue weighted by Gasteiger charge is -2.22. The van der Waals surface area contributed by atoms with Crippen molar-refractivity contribution in [3.8, 4) is 17.8 Å². The molecule has 12 heteroatoms. The molecule has 1 aromatic carbocycles. The molecule has 0 N–H and O–H groups in total. The van der Waals surface area contributed by atoms with E-state index in [4.69, 9.17) is 14.7 Å². The van der Waals surface area contributed by atoms with Crippen molar-refractivity contribution in [2.24, 2.45) is 0 Å². The Balaban J connectivity index is 1.62. The summed E-state index contributed by atoms with van der Waals surface area (Å²) >= 11 is 0. The highest BCUT2D eigenvalue weighted by molar-refractivity contribution is 5.42. The zero-order chi connectivity index (χ0) is 19.6. The van der Waals surface area contributed by atoms with Gasteiger partial charge in [-0.3, -0.25) is 4.57 Å². The summed E-state index contributed by atoms with van der Waals surface area (Å²) in [5, 5.41) is 20.0. The number of rotatable bonds is 5. The number of benzene rings is 1. The minimum Gasteiger partial charge on any atom is -0.443 e. The van der Waals surface area contributed by atoms with Crippen LogP contribution in [-0.2, 0) is 17.9 Å². The second kappa shape index (κ2) is 7.12. The molecule has 0 saturated heterocycles. The van der Waals surface area contributed by atoms with Crippen LogP contribution in [0, 0.1) is 21.4 Å². The maximum absolute atomic E-state index is 12.1. The van der Waals surface area contributed by atoms with Crippen LogP contribution in [-0.4, -0.2) is 33.5 Å². The first-order chi connectivity index (χ1) is 12.8. The maximum atomic E-state index is 12.1. The van der Waals surface area contributed by atoms with Crippen molar-refractivity contribution in [2.45, 2.75) is 25.6 Å². The Kier molecular flexibility index (Phi) is 4.87. The van der Waals surface area contributed by atoms with Crippen LogP contribution in [0.15, 0.2) is 24.3 Å². The molecular formula is C15H11F3N4O5. The molecule has 2 heterocycles. The zero-order valence-electron chi connectivity index (χ0n) is 13.5. The molecule has 0 aliphatic carbocycles. The standard InChI is InChI=1S/C15H11F3N4O5/c16-15(17,18)27-10-3-1-9(2-4-10)7-25-11-6-21-12(5-19)13(22(23)24)20-14(21)26-8-11/h1-4,11H,6-8H2/t11-/m0/s1. The number of ether oxygens (including phenoxy) is 3. The molecular weight excluding hydrogens is 373 g/mol. The van der Waals surface area contributed by atoms with E-state index in [-0.39, 0.29) is 37.2 Å². The minimum atomic E-state index is -4.76. The van der Waals surface area contributed by atoms with E-state index in [9.17, 15) is 23.3 Å². The van der Waals surface area contributed by atoms with Gasteiger partial charge in [0.05, 0.1) is 13.2 Å². The Morgan fingerprint density at radius 1 is 1.41 bits per heavy atom. The summed E-state index contributed by atoms with van der Waals surface area (Å²) < 4.78 is 52.4. The molecule has 0 spiro atoms. The van der Waals surface area contributed by atoms with Crippen LogP contribution in [0.3, 0.4) is 0 Å². The third-order valence-electron chi connectivity index (χ3n) is 3.62. The first-order valence-corrected chi connectivity index (χ1v) is 7.51. The third kappa shape index (κ3) is 4.26. The summed E-state index contributed by atoms with van der Waals surface area (Å²) in [6, 6.07) is 6.84. The fourth-order valence-electron chi connectivity index (χ4n) is 2.46. The average Bonchev–Trinajstić information content (AvgIpc) is 2.98. The van der Waals surface area contributed by atoms with Crippen molar-refractivity contribution in [2.75, 3.05) is 6.61 Å². The summed E-state index contributed by atoms with van der Waals surface area (Å²) in [5.74, 6) is -0.935. The fourth-order valence-corrected chi connectivity index (χ4v) is 2.46. The number of hydrogen-bond acceptors (Lipinski definition) is 7. The highest BCUT2D eigenvalue weighted by atomic mass is 19.4. The molecule has 27 heavy (non-hydrogen) atoms. The fraction of sp³-hybridized carbons (Fsp3) is 0.333. The maximum Gasteiger partial charge on any atom is 0.573 e. The van der Waals surface area contributed by atoms with Crippen LogP contribution in [0.4, 0.5) is 19.0 Å². The second-order valence-electron chi connectivity index (χ2n) is 5.48. The monoisotopic (exact) mass is 384 g/mol. The highest BCUT2D eigenvalue weighted by Crippen LogP contribution is 2.28. The van der Waals surface area contributed by atoms with Crippen LogP contribution in [0.2, 0.25) is 0 Å². The molecule has 2 aromatic rings. The highest BCUT2D eigenvalue weighted by Gasteiger charge is 2.34. The van der Waals surface area contributed by atoms with E-state index in [1.165, 1.54) is 16.7 Å². The molecule has 0 saturated carbocycles. The summed E-state index contributed by atoms with van der Waals surface area (Å²) in [4.78, 5) is 13.8. The molecule has 0 unspecified atom stereocenters. The zero-order valence-corrected chi connectivity index (χ0v) is 13.5. The van der Waals surface area contributed by atoms with Crippen molar-refractivity contribution in [3.05, 3.63) is 45.6 Å². The van der Waals surface area contributed by atoms with Crippen molar-refractivity contribution in [1.82, 2.24) is 9.55 Å². The Hall–Kier alpha value is -3.33. The van der Waals surface area contributed by atoms with Crippen LogP contribution in [0.5, 0.6) is 11.8 Å². The molecule has 142 valence electrons. The van der Waals surface area contributed by atoms with Crippen molar-refractivity contribution in [1.29, 1.82) is 5.26 Å². The smallest absolute Gasteiger partial charge is 0.443 e. The van der Waals surface area contributed by atoms with Crippen molar-refractivity contribution < 1.29 is 32.3 Å². The number of alkyl halides is 3. The van der Waals surface area contributed by atoms with Gasteiger partial charge in [-0.1, -0.05) is 12.1 Å². The van der Waals surface area contributed by atoms with E-state index < -0.39 is 23.2 Å². The number of fused-ring (bicyclic) bond motifs is 1. The van der Waals surface area contributed by atoms with E-state index in [1.54, 1.807) is 6.07 Å². The SMILES string of the molecule is N#Cc1c([N+](=O)[O-])nc2n1C[C@H](OCc1ccc(OC(F)(F)F)cc1)CO2. The molecule has 0 radical (unpaired) electrons. The Labute approximate surface area is 149 Å². The van der Waals surface area contributed by atoms with Crippen LogP contribution < -0.4 is 9.47 Å². The largest absolute Gasteiger partial charge is 0.573 e. The molecule has 9 nitrogen and oxygen atoms in total. The van der Waals surface area contributed by atoms with Crippen molar-refractivity contribution >= 4 is 5.82 Å². The van der Waals surface area contributed by atoms with Gasteiger partial charge in [0, 0.05) is 4.98 Å². The molecule has 0 bridgehead atoms. The Morgan fingerprint density at radius 3 is 2.70 bits per heavy atom. The molecule has 1 aliphatic rings. The second-order valence-corrected chi connectivity index (χ2v) is 5.48. The Bertz CT molecular complexity index is 889. The van der Waals surface area contributed by atoms with E-state index in [2.05, 4.69) is 9.72 Å². The molecule has 0 fully saturated rings. The lowest BCUT2D eigenvalue weighted by Crippen LogP contribution is -2.32. The van der Waals surface area contributed by atoms with Gasteiger partial charge in [-0.15, -0.1) is 13.2 Å². The van der Waals surface area contributed by atoms with Crippen LogP contribution in [0.1, 0.15) is 11.3 Å². The van der Waals surface area contributed by atoms with Gasteiger partial charge in [-0.25, -0.2) is 0 Å². The van der Waals surface area contributed by atoms with Gasteiger partial charge in [0.15, 0.2) is 0 Å².